The van der Waals surface area contributed by atoms with Crippen molar-refractivity contribution in [3.63, 3.8) is 0 Å². The second-order valence-electron chi connectivity index (χ2n) is 4.28. The van der Waals surface area contributed by atoms with E-state index >= 15 is 0 Å². The van der Waals surface area contributed by atoms with E-state index < -0.39 is 0 Å². The van der Waals surface area contributed by atoms with Gasteiger partial charge < -0.3 is 14.6 Å². The molecule has 0 aliphatic carbocycles. The Morgan fingerprint density at radius 1 is 1.33 bits per heavy atom. The first-order valence-corrected chi connectivity index (χ1v) is 5.86. The first kappa shape index (κ1) is 12.6. The Kier molecular flexibility index (Phi) is 3.99. The van der Waals surface area contributed by atoms with E-state index in [9.17, 15) is 4.39 Å². The third-order valence-corrected chi connectivity index (χ3v) is 2.74. The SMILES string of the molecule is CNCc1cc(F)cc(N(C)Cc2ccco2)c1. The molecule has 0 radical (unpaired) electrons. The van der Waals surface area contributed by atoms with E-state index in [1.807, 2.05) is 37.2 Å². The van der Waals surface area contributed by atoms with Crippen molar-refractivity contribution < 1.29 is 8.81 Å². The van der Waals surface area contributed by atoms with Crippen LogP contribution in [0.4, 0.5) is 10.1 Å². The van der Waals surface area contributed by atoms with E-state index in [2.05, 4.69) is 5.32 Å². The number of rotatable bonds is 5. The Hall–Kier alpha value is -1.81. The number of benzene rings is 1. The van der Waals surface area contributed by atoms with Crippen molar-refractivity contribution in [1.29, 1.82) is 0 Å². The van der Waals surface area contributed by atoms with Crippen LogP contribution < -0.4 is 10.2 Å². The normalized spacial score (nSPS) is 10.6. The average Bonchev–Trinajstić information content (AvgIpc) is 2.81. The highest BCUT2D eigenvalue weighted by Crippen LogP contribution is 2.19. The fourth-order valence-electron chi connectivity index (χ4n) is 1.89. The van der Waals surface area contributed by atoms with Gasteiger partial charge in [-0.1, -0.05) is 0 Å². The summed E-state index contributed by atoms with van der Waals surface area (Å²) in [6.45, 7) is 1.27. The Balaban J connectivity index is 2.16. The van der Waals surface area contributed by atoms with Gasteiger partial charge in [-0.05, 0) is 42.9 Å². The van der Waals surface area contributed by atoms with Gasteiger partial charge in [-0.3, -0.25) is 0 Å². The highest BCUT2D eigenvalue weighted by molar-refractivity contribution is 5.48. The highest BCUT2D eigenvalue weighted by Gasteiger charge is 2.07. The minimum absolute atomic E-state index is 0.218. The van der Waals surface area contributed by atoms with Gasteiger partial charge in [-0.2, -0.15) is 0 Å². The summed E-state index contributed by atoms with van der Waals surface area (Å²) in [5.41, 5.74) is 1.77. The third-order valence-electron chi connectivity index (χ3n) is 2.74. The summed E-state index contributed by atoms with van der Waals surface area (Å²) in [6, 6.07) is 8.80. The molecule has 0 unspecified atom stereocenters. The fourth-order valence-corrected chi connectivity index (χ4v) is 1.89. The summed E-state index contributed by atoms with van der Waals surface area (Å²) in [7, 11) is 3.76. The van der Waals surface area contributed by atoms with Gasteiger partial charge in [0.25, 0.3) is 0 Å². The minimum Gasteiger partial charge on any atom is -0.467 e. The third kappa shape index (κ3) is 3.11. The quantitative estimate of drug-likeness (QED) is 0.882. The van der Waals surface area contributed by atoms with Crippen LogP contribution >= 0.6 is 0 Å². The van der Waals surface area contributed by atoms with Crippen LogP contribution in [0.15, 0.2) is 41.0 Å². The van der Waals surface area contributed by atoms with E-state index in [0.29, 0.717) is 13.1 Å². The van der Waals surface area contributed by atoms with Gasteiger partial charge >= 0.3 is 0 Å². The molecule has 0 amide bonds. The topological polar surface area (TPSA) is 28.4 Å². The summed E-state index contributed by atoms with van der Waals surface area (Å²) in [5.74, 6) is 0.640. The molecule has 0 spiro atoms. The summed E-state index contributed by atoms with van der Waals surface area (Å²) >= 11 is 0. The number of halogens is 1. The molecule has 1 aromatic carbocycles. The first-order valence-electron chi connectivity index (χ1n) is 5.86. The maximum Gasteiger partial charge on any atom is 0.125 e. The van der Waals surface area contributed by atoms with Gasteiger partial charge in [0.15, 0.2) is 0 Å². The van der Waals surface area contributed by atoms with Crippen LogP contribution in [0.25, 0.3) is 0 Å². The zero-order valence-electron chi connectivity index (χ0n) is 10.6. The molecule has 3 nitrogen and oxygen atoms in total. The summed E-state index contributed by atoms with van der Waals surface area (Å²) in [5, 5.41) is 3.02. The molecular formula is C14H17FN2O. The zero-order chi connectivity index (χ0) is 13.0. The lowest BCUT2D eigenvalue weighted by atomic mass is 10.1. The van der Waals surface area contributed by atoms with Crippen LogP contribution in [0.5, 0.6) is 0 Å². The predicted octanol–water partition coefficient (Wildman–Crippen LogP) is 2.77. The van der Waals surface area contributed by atoms with Gasteiger partial charge in [-0.25, -0.2) is 4.39 Å². The van der Waals surface area contributed by atoms with Gasteiger partial charge in [0.2, 0.25) is 0 Å². The van der Waals surface area contributed by atoms with Crippen LogP contribution in [-0.2, 0) is 13.1 Å². The van der Waals surface area contributed by atoms with E-state index in [4.69, 9.17) is 4.42 Å². The molecule has 1 N–H and O–H groups in total. The van der Waals surface area contributed by atoms with Crippen LogP contribution in [0, 0.1) is 5.82 Å². The molecule has 2 aromatic rings. The predicted molar refractivity (Wildman–Crippen MR) is 70.0 cm³/mol. The largest absolute Gasteiger partial charge is 0.467 e. The standard InChI is InChI=1S/C14H17FN2O/c1-16-9-11-6-12(15)8-13(7-11)17(2)10-14-4-3-5-18-14/h3-8,16H,9-10H2,1-2H3. The molecule has 0 fully saturated rings. The fraction of sp³-hybridized carbons (Fsp3) is 0.286. The van der Waals surface area contributed by atoms with E-state index in [-0.39, 0.29) is 5.82 Å². The molecule has 2 rings (SSSR count). The lowest BCUT2D eigenvalue weighted by molar-refractivity contribution is 0.507. The monoisotopic (exact) mass is 248 g/mol. The number of nitrogens with one attached hydrogen (secondary N) is 1. The lowest BCUT2D eigenvalue weighted by Crippen LogP contribution is -2.17. The molecule has 1 aromatic heterocycles. The molecule has 0 bridgehead atoms. The van der Waals surface area contributed by atoms with Gasteiger partial charge in [0, 0.05) is 19.3 Å². The molecule has 96 valence electrons. The van der Waals surface area contributed by atoms with E-state index in [1.54, 1.807) is 12.3 Å². The summed E-state index contributed by atoms with van der Waals surface area (Å²) in [6.07, 6.45) is 1.64. The van der Waals surface area contributed by atoms with Gasteiger partial charge in [0.05, 0.1) is 12.8 Å². The van der Waals surface area contributed by atoms with E-state index in [0.717, 1.165) is 17.0 Å². The molecule has 18 heavy (non-hydrogen) atoms. The average molecular weight is 248 g/mol. The first-order chi connectivity index (χ1) is 8.69. The van der Waals surface area contributed by atoms with E-state index in [1.165, 1.54) is 6.07 Å². The molecule has 0 aliphatic rings. The Labute approximate surface area is 106 Å². The summed E-state index contributed by atoms with van der Waals surface area (Å²) < 4.78 is 18.8. The van der Waals surface area contributed by atoms with Gasteiger partial charge in [-0.15, -0.1) is 0 Å². The molecule has 0 saturated heterocycles. The maximum atomic E-state index is 13.5. The summed E-state index contributed by atoms with van der Waals surface area (Å²) in [4.78, 5) is 1.96. The van der Waals surface area contributed by atoms with Gasteiger partial charge in [0.1, 0.15) is 11.6 Å². The minimum atomic E-state index is -0.218. The highest BCUT2D eigenvalue weighted by atomic mass is 19.1. The van der Waals surface area contributed by atoms with Crippen molar-refractivity contribution in [3.05, 3.63) is 53.7 Å². The molecule has 0 aliphatic heterocycles. The Morgan fingerprint density at radius 2 is 2.17 bits per heavy atom. The van der Waals surface area contributed by atoms with Crippen molar-refractivity contribution in [3.8, 4) is 0 Å². The van der Waals surface area contributed by atoms with Crippen molar-refractivity contribution in [2.24, 2.45) is 0 Å². The van der Waals surface area contributed by atoms with Crippen molar-refractivity contribution in [1.82, 2.24) is 5.32 Å². The Bertz CT molecular complexity index is 497. The molecular weight excluding hydrogens is 231 g/mol. The van der Waals surface area contributed by atoms with Crippen LogP contribution in [0.3, 0.4) is 0 Å². The molecule has 4 heteroatoms. The molecule has 0 atom stereocenters. The van der Waals surface area contributed by atoms with Crippen LogP contribution in [-0.4, -0.2) is 14.1 Å². The Morgan fingerprint density at radius 3 is 2.83 bits per heavy atom. The van der Waals surface area contributed by atoms with Crippen molar-refractivity contribution >= 4 is 5.69 Å². The number of anilines is 1. The van der Waals surface area contributed by atoms with Crippen molar-refractivity contribution in [2.75, 3.05) is 19.0 Å². The second kappa shape index (κ2) is 5.69. The second-order valence-corrected chi connectivity index (χ2v) is 4.28. The molecule has 1 heterocycles. The maximum absolute atomic E-state index is 13.5. The smallest absolute Gasteiger partial charge is 0.125 e. The number of nitrogens with zero attached hydrogens (tertiary/aromatic N) is 1. The zero-order valence-corrected chi connectivity index (χ0v) is 10.6. The number of hydrogen-bond acceptors (Lipinski definition) is 3. The number of furan rings is 1. The lowest BCUT2D eigenvalue weighted by Gasteiger charge is -2.19. The van der Waals surface area contributed by atoms with Crippen molar-refractivity contribution in [2.45, 2.75) is 13.1 Å². The van der Waals surface area contributed by atoms with Crippen LogP contribution in [0.2, 0.25) is 0 Å². The number of hydrogen-bond donors (Lipinski definition) is 1. The van der Waals surface area contributed by atoms with Crippen LogP contribution in [0.1, 0.15) is 11.3 Å². The molecule has 0 saturated carbocycles.